The number of benzene rings is 1. The number of nitrogens with one attached hydrogen (secondary N) is 1. The maximum Gasteiger partial charge on any atom is 0.243 e. The fourth-order valence-electron chi connectivity index (χ4n) is 2.35. The molecule has 0 saturated carbocycles. The molecule has 1 amide bonds. The number of nitrogens with zero attached hydrogens (tertiary/aromatic N) is 2. The number of hydrogen-bond acceptors (Lipinski definition) is 2. The summed E-state index contributed by atoms with van der Waals surface area (Å²) in [5, 5.41) is 2.87. The van der Waals surface area contributed by atoms with E-state index in [0.717, 1.165) is 0 Å². The molecule has 0 aliphatic heterocycles. The van der Waals surface area contributed by atoms with Crippen molar-refractivity contribution in [2.24, 2.45) is 0 Å². The van der Waals surface area contributed by atoms with Crippen molar-refractivity contribution in [2.45, 2.75) is 39.3 Å². The Morgan fingerprint density at radius 1 is 1.43 bits per heavy atom. The second kappa shape index (κ2) is 6.43. The Kier molecular flexibility index (Phi) is 4.83. The molecule has 1 heterocycles. The molecule has 0 saturated heterocycles. The van der Waals surface area contributed by atoms with E-state index >= 15 is 0 Å². The topological polar surface area (TPSA) is 46.9 Å². The number of aromatic nitrogens is 2. The lowest BCUT2D eigenvalue weighted by molar-refractivity contribution is -0.124. The Morgan fingerprint density at radius 3 is 2.76 bits per heavy atom. The zero-order chi connectivity index (χ0) is 15.6. The van der Waals surface area contributed by atoms with Gasteiger partial charge >= 0.3 is 0 Å². The van der Waals surface area contributed by atoms with Gasteiger partial charge in [0.2, 0.25) is 5.91 Å². The monoisotopic (exact) mass is 311 g/mol. The third-order valence-electron chi connectivity index (χ3n) is 3.26. The molecule has 0 aliphatic carbocycles. The molecule has 1 aromatic carbocycles. The lowest BCUT2D eigenvalue weighted by atomic mass is 10.2. The van der Waals surface area contributed by atoms with Gasteiger partial charge < -0.3 is 9.88 Å². The minimum absolute atomic E-state index is 0.0444. The number of fused-ring (bicyclic) bond motifs is 1. The average Bonchev–Trinajstić information content (AvgIpc) is 2.77. The van der Waals surface area contributed by atoms with Gasteiger partial charge in [-0.3, -0.25) is 4.79 Å². The van der Waals surface area contributed by atoms with Gasteiger partial charge in [-0.2, -0.15) is 0 Å². The van der Waals surface area contributed by atoms with Crippen LogP contribution in [0.2, 0.25) is 0 Å². The third kappa shape index (κ3) is 3.18. The number of alkyl halides is 1. The van der Waals surface area contributed by atoms with Crippen LogP contribution in [0.4, 0.5) is 4.39 Å². The van der Waals surface area contributed by atoms with E-state index in [4.69, 9.17) is 11.6 Å². The molecule has 2 aromatic rings. The number of aryl methyl sites for hydroxylation is 1. The first-order chi connectivity index (χ1) is 9.95. The van der Waals surface area contributed by atoms with Gasteiger partial charge in [0.1, 0.15) is 17.4 Å². The third-order valence-corrected chi connectivity index (χ3v) is 3.45. The number of hydrogen-bond donors (Lipinski definition) is 1. The molecule has 6 heteroatoms. The van der Waals surface area contributed by atoms with Crippen LogP contribution in [0.15, 0.2) is 18.2 Å². The fraction of sp³-hybridized carbons (Fsp3) is 0.467. The number of para-hydroxylation sites is 1. The smallest absolute Gasteiger partial charge is 0.243 e. The zero-order valence-electron chi connectivity index (χ0n) is 12.4. The highest BCUT2D eigenvalue weighted by Crippen LogP contribution is 2.24. The molecule has 1 atom stereocenters. The second-order valence-electron chi connectivity index (χ2n) is 5.28. The van der Waals surface area contributed by atoms with Crippen LogP contribution < -0.4 is 5.32 Å². The van der Waals surface area contributed by atoms with E-state index in [1.807, 2.05) is 13.8 Å². The highest BCUT2D eigenvalue weighted by Gasteiger charge is 2.22. The van der Waals surface area contributed by atoms with Crippen LogP contribution in [0.25, 0.3) is 11.0 Å². The van der Waals surface area contributed by atoms with Gasteiger partial charge in [0.15, 0.2) is 5.82 Å². The Morgan fingerprint density at radius 2 is 2.14 bits per heavy atom. The summed E-state index contributed by atoms with van der Waals surface area (Å²) in [6.07, 6.45) is 0.481. The van der Waals surface area contributed by atoms with E-state index in [9.17, 15) is 9.18 Å². The van der Waals surface area contributed by atoms with Crippen molar-refractivity contribution in [3.8, 4) is 0 Å². The van der Waals surface area contributed by atoms with Crippen molar-refractivity contribution in [3.05, 3.63) is 29.8 Å². The number of halogens is 2. The van der Waals surface area contributed by atoms with Gasteiger partial charge in [-0.15, -0.1) is 11.6 Å². The Labute approximate surface area is 128 Å². The fourth-order valence-corrected chi connectivity index (χ4v) is 2.52. The van der Waals surface area contributed by atoms with Crippen molar-refractivity contribution < 1.29 is 9.18 Å². The summed E-state index contributed by atoms with van der Waals surface area (Å²) >= 11 is 5.80. The molecule has 0 radical (unpaired) electrons. The molecule has 0 spiro atoms. The van der Waals surface area contributed by atoms with Crippen molar-refractivity contribution >= 4 is 28.5 Å². The van der Waals surface area contributed by atoms with E-state index in [2.05, 4.69) is 10.3 Å². The van der Waals surface area contributed by atoms with Gasteiger partial charge in [0, 0.05) is 18.3 Å². The summed E-state index contributed by atoms with van der Waals surface area (Å²) in [7, 11) is 0. The quantitative estimate of drug-likeness (QED) is 0.863. The van der Waals surface area contributed by atoms with E-state index in [1.54, 1.807) is 23.6 Å². The number of carbonyl (C=O) groups excluding carboxylic acids is 1. The standard InChI is InChI=1S/C15H19ClFN3O/c1-9(2)18-15(21)10(3)20-12-6-4-5-11(17)14(12)19-13(20)7-8-16/h4-6,9-10H,7-8H2,1-3H3,(H,18,21). The van der Waals surface area contributed by atoms with Crippen molar-refractivity contribution in [1.82, 2.24) is 14.9 Å². The number of rotatable bonds is 5. The Hall–Kier alpha value is -1.62. The summed E-state index contributed by atoms with van der Waals surface area (Å²) in [5.41, 5.74) is 0.892. The first-order valence-electron chi connectivity index (χ1n) is 6.97. The van der Waals surface area contributed by atoms with Gasteiger partial charge in [-0.25, -0.2) is 9.37 Å². The van der Waals surface area contributed by atoms with Crippen LogP contribution in [0.5, 0.6) is 0 Å². The lowest BCUT2D eigenvalue weighted by Gasteiger charge is -2.18. The molecular weight excluding hydrogens is 293 g/mol. The molecule has 2 rings (SSSR count). The molecule has 4 nitrogen and oxygen atoms in total. The van der Waals surface area contributed by atoms with Crippen molar-refractivity contribution in [1.29, 1.82) is 0 Å². The Bertz CT molecular complexity index is 654. The highest BCUT2D eigenvalue weighted by atomic mass is 35.5. The summed E-state index contributed by atoms with van der Waals surface area (Å²) in [4.78, 5) is 16.6. The van der Waals surface area contributed by atoms with Crippen LogP contribution >= 0.6 is 11.6 Å². The van der Waals surface area contributed by atoms with Crippen LogP contribution in [0.3, 0.4) is 0 Å². The maximum absolute atomic E-state index is 13.9. The van der Waals surface area contributed by atoms with Gasteiger partial charge in [0.05, 0.1) is 5.52 Å². The lowest BCUT2D eigenvalue weighted by Crippen LogP contribution is -2.36. The summed E-state index contributed by atoms with van der Waals surface area (Å²) < 4.78 is 15.6. The number of imidazole rings is 1. The first kappa shape index (κ1) is 15.8. The van der Waals surface area contributed by atoms with Gasteiger partial charge in [-0.05, 0) is 32.9 Å². The SMILES string of the molecule is CC(C)NC(=O)C(C)n1c(CCCl)nc2c(F)cccc21. The largest absolute Gasteiger partial charge is 0.352 e. The van der Waals surface area contributed by atoms with E-state index < -0.39 is 11.9 Å². The van der Waals surface area contributed by atoms with Crippen LogP contribution in [-0.2, 0) is 11.2 Å². The summed E-state index contributed by atoms with van der Waals surface area (Å²) in [6.45, 7) is 5.58. The predicted molar refractivity (Wildman–Crippen MR) is 82.1 cm³/mol. The minimum Gasteiger partial charge on any atom is -0.352 e. The molecule has 0 aliphatic rings. The van der Waals surface area contributed by atoms with Crippen molar-refractivity contribution in [3.63, 3.8) is 0 Å². The molecule has 21 heavy (non-hydrogen) atoms. The Balaban J connectivity index is 2.52. The zero-order valence-corrected chi connectivity index (χ0v) is 13.1. The summed E-state index contributed by atoms with van der Waals surface area (Å²) in [6, 6.07) is 4.32. The molecule has 0 fully saturated rings. The van der Waals surface area contributed by atoms with Crippen LogP contribution in [0, 0.1) is 5.82 Å². The molecule has 1 aromatic heterocycles. The number of amides is 1. The number of carbonyl (C=O) groups is 1. The van der Waals surface area contributed by atoms with E-state index in [-0.39, 0.29) is 17.5 Å². The molecule has 1 unspecified atom stereocenters. The predicted octanol–water partition coefficient (Wildman–Crippen LogP) is 3.04. The minimum atomic E-state index is -0.475. The van der Waals surface area contributed by atoms with E-state index in [1.165, 1.54) is 6.07 Å². The molecule has 1 N–H and O–H groups in total. The summed E-state index contributed by atoms with van der Waals surface area (Å²) in [5.74, 6) is 0.475. The normalized spacial score (nSPS) is 12.9. The average molecular weight is 312 g/mol. The van der Waals surface area contributed by atoms with Crippen molar-refractivity contribution in [2.75, 3.05) is 5.88 Å². The van der Waals surface area contributed by atoms with Crippen LogP contribution in [-0.4, -0.2) is 27.4 Å². The van der Waals surface area contributed by atoms with Gasteiger partial charge in [-0.1, -0.05) is 6.07 Å². The molecule has 114 valence electrons. The first-order valence-corrected chi connectivity index (χ1v) is 7.50. The van der Waals surface area contributed by atoms with Crippen LogP contribution in [0.1, 0.15) is 32.6 Å². The maximum atomic E-state index is 13.9. The molecule has 0 bridgehead atoms. The second-order valence-corrected chi connectivity index (χ2v) is 5.66. The highest BCUT2D eigenvalue weighted by molar-refractivity contribution is 6.17. The van der Waals surface area contributed by atoms with E-state index in [0.29, 0.717) is 23.6 Å². The molecular formula is C15H19ClFN3O. The van der Waals surface area contributed by atoms with Gasteiger partial charge in [0.25, 0.3) is 0 Å².